The highest BCUT2D eigenvalue weighted by molar-refractivity contribution is 7.89. The Morgan fingerprint density at radius 2 is 1.95 bits per heavy atom. The van der Waals surface area contributed by atoms with Gasteiger partial charge in [-0.1, -0.05) is 31.5 Å². The van der Waals surface area contributed by atoms with Crippen LogP contribution in [0.2, 0.25) is 5.02 Å². The summed E-state index contributed by atoms with van der Waals surface area (Å²) in [5.74, 6) is 0.259. The second-order valence-corrected chi connectivity index (χ2v) is 6.90. The molecule has 6 heteroatoms. The van der Waals surface area contributed by atoms with Gasteiger partial charge in [0.1, 0.15) is 4.90 Å². The summed E-state index contributed by atoms with van der Waals surface area (Å²) < 4.78 is 26.8. The number of rotatable bonds is 6. The van der Waals surface area contributed by atoms with Crippen LogP contribution in [0, 0.1) is 0 Å². The van der Waals surface area contributed by atoms with Crippen LogP contribution in [0.5, 0.6) is 0 Å². The molecular weight excluding hydrogens is 305 g/mol. The van der Waals surface area contributed by atoms with E-state index in [1.807, 2.05) is 20.8 Å². The third-order valence-electron chi connectivity index (χ3n) is 3.13. The average Bonchev–Trinajstić information content (AvgIpc) is 2.39. The molecule has 0 aliphatic carbocycles. The largest absolute Gasteiger partial charge is 0.244 e. The van der Waals surface area contributed by atoms with Crippen LogP contribution in [0.3, 0.4) is 0 Å². The predicted molar refractivity (Wildman–Crippen MR) is 80.3 cm³/mol. The van der Waals surface area contributed by atoms with Crippen molar-refractivity contribution in [2.24, 2.45) is 0 Å². The van der Waals surface area contributed by atoms with E-state index in [1.54, 1.807) is 18.2 Å². The van der Waals surface area contributed by atoms with Crippen molar-refractivity contribution < 1.29 is 8.42 Å². The Morgan fingerprint density at radius 1 is 1.32 bits per heavy atom. The van der Waals surface area contributed by atoms with Gasteiger partial charge >= 0.3 is 0 Å². The fourth-order valence-electron chi connectivity index (χ4n) is 1.88. The second kappa shape index (κ2) is 6.93. The van der Waals surface area contributed by atoms with Crippen LogP contribution in [-0.2, 0) is 15.9 Å². The summed E-state index contributed by atoms with van der Waals surface area (Å²) >= 11 is 11.8. The lowest BCUT2D eigenvalue weighted by Crippen LogP contribution is -2.38. The first-order valence-corrected chi connectivity index (χ1v) is 8.59. The van der Waals surface area contributed by atoms with Crippen LogP contribution in [0.25, 0.3) is 0 Å². The van der Waals surface area contributed by atoms with Gasteiger partial charge in [-0.25, -0.2) is 8.42 Å². The average molecular weight is 324 g/mol. The molecule has 1 aromatic rings. The maximum atomic E-state index is 12.7. The lowest BCUT2D eigenvalue weighted by molar-refractivity contribution is 0.342. The SMILES string of the molecule is CCC(C)N(CC)S(=O)(=O)c1cc(CCl)ccc1Cl. The van der Waals surface area contributed by atoms with E-state index in [9.17, 15) is 8.42 Å². The zero-order valence-electron chi connectivity index (χ0n) is 11.4. The zero-order valence-corrected chi connectivity index (χ0v) is 13.7. The number of alkyl halides is 1. The molecule has 1 aromatic carbocycles. The first kappa shape index (κ1) is 16.8. The van der Waals surface area contributed by atoms with Crippen molar-refractivity contribution in [1.82, 2.24) is 4.31 Å². The number of halogens is 2. The Morgan fingerprint density at radius 3 is 2.42 bits per heavy atom. The standard InChI is InChI=1S/C13H19Cl2NO2S/c1-4-10(3)16(5-2)19(17,18)13-8-11(9-14)6-7-12(13)15/h6-8,10H,4-5,9H2,1-3H3. The van der Waals surface area contributed by atoms with Gasteiger partial charge < -0.3 is 0 Å². The number of hydrogen-bond donors (Lipinski definition) is 0. The molecule has 19 heavy (non-hydrogen) atoms. The van der Waals surface area contributed by atoms with Gasteiger partial charge in [0.25, 0.3) is 0 Å². The third-order valence-corrected chi connectivity index (χ3v) is 6.01. The van der Waals surface area contributed by atoms with Crippen molar-refractivity contribution in [1.29, 1.82) is 0 Å². The molecule has 3 nitrogen and oxygen atoms in total. The van der Waals surface area contributed by atoms with Crippen molar-refractivity contribution in [2.45, 2.75) is 44.0 Å². The Kier molecular flexibility index (Phi) is 6.12. The highest BCUT2D eigenvalue weighted by Crippen LogP contribution is 2.28. The normalized spacial score (nSPS) is 13.8. The van der Waals surface area contributed by atoms with Crippen LogP contribution in [0.4, 0.5) is 0 Å². The summed E-state index contributed by atoms with van der Waals surface area (Å²) in [5, 5.41) is 0.232. The Balaban J connectivity index is 3.33. The van der Waals surface area contributed by atoms with Gasteiger partial charge in [0.2, 0.25) is 10.0 Å². The van der Waals surface area contributed by atoms with Crippen molar-refractivity contribution in [2.75, 3.05) is 6.54 Å². The molecule has 1 atom stereocenters. The highest BCUT2D eigenvalue weighted by atomic mass is 35.5. The fourth-order valence-corrected chi connectivity index (χ4v) is 4.28. The lowest BCUT2D eigenvalue weighted by atomic mass is 10.2. The van der Waals surface area contributed by atoms with Gasteiger partial charge in [-0.2, -0.15) is 4.31 Å². The van der Waals surface area contributed by atoms with Crippen LogP contribution in [0.15, 0.2) is 23.1 Å². The van der Waals surface area contributed by atoms with E-state index in [0.717, 1.165) is 12.0 Å². The number of nitrogens with zero attached hydrogens (tertiary/aromatic N) is 1. The van der Waals surface area contributed by atoms with Crippen LogP contribution < -0.4 is 0 Å². The van der Waals surface area contributed by atoms with Gasteiger partial charge in [-0.15, -0.1) is 11.6 Å². The minimum Gasteiger partial charge on any atom is -0.207 e. The summed E-state index contributed by atoms with van der Waals surface area (Å²) in [5.41, 5.74) is 0.741. The molecule has 0 heterocycles. The molecule has 0 aliphatic heterocycles. The quantitative estimate of drug-likeness (QED) is 0.745. The monoisotopic (exact) mass is 323 g/mol. The first-order valence-electron chi connectivity index (χ1n) is 6.24. The maximum Gasteiger partial charge on any atom is 0.244 e. The first-order chi connectivity index (χ1) is 8.88. The topological polar surface area (TPSA) is 37.4 Å². The number of benzene rings is 1. The molecular formula is C13H19Cl2NO2S. The smallest absolute Gasteiger partial charge is 0.207 e. The second-order valence-electron chi connectivity index (χ2n) is 4.36. The lowest BCUT2D eigenvalue weighted by Gasteiger charge is -2.26. The third kappa shape index (κ3) is 3.63. The number of sulfonamides is 1. The van der Waals surface area contributed by atoms with Crippen LogP contribution in [0.1, 0.15) is 32.8 Å². The summed E-state index contributed by atoms with van der Waals surface area (Å²) in [6, 6.07) is 4.80. The zero-order chi connectivity index (χ0) is 14.6. The Hall–Kier alpha value is -0.290. The Labute approximate surface area is 125 Å². The van der Waals surface area contributed by atoms with Crippen molar-refractivity contribution in [3.8, 4) is 0 Å². The fraction of sp³-hybridized carbons (Fsp3) is 0.538. The molecule has 0 N–H and O–H groups in total. The van der Waals surface area contributed by atoms with Crippen LogP contribution >= 0.6 is 23.2 Å². The van der Waals surface area contributed by atoms with Crippen LogP contribution in [-0.4, -0.2) is 25.3 Å². The van der Waals surface area contributed by atoms with Gasteiger partial charge in [-0.3, -0.25) is 0 Å². The molecule has 0 bridgehead atoms. The molecule has 0 fully saturated rings. The molecule has 108 valence electrons. The van der Waals surface area contributed by atoms with E-state index in [4.69, 9.17) is 23.2 Å². The summed E-state index contributed by atoms with van der Waals surface area (Å²) in [4.78, 5) is 0.134. The summed E-state index contributed by atoms with van der Waals surface area (Å²) in [7, 11) is -3.58. The molecule has 0 spiro atoms. The molecule has 1 unspecified atom stereocenters. The van der Waals surface area contributed by atoms with Gasteiger partial charge in [-0.05, 0) is 31.0 Å². The van der Waals surface area contributed by atoms with Crippen molar-refractivity contribution in [3.63, 3.8) is 0 Å². The van der Waals surface area contributed by atoms with Gasteiger partial charge in [0, 0.05) is 18.5 Å². The molecule has 0 aromatic heterocycles. The predicted octanol–water partition coefficient (Wildman–Crippen LogP) is 3.89. The van der Waals surface area contributed by atoms with Gasteiger partial charge in [0.15, 0.2) is 0 Å². The molecule has 0 saturated heterocycles. The van der Waals surface area contributed by atoms with E-state index in [1.165, 1.54) is 4.31 Å². The molecule has 0 aliphatic rings. The summed E-state index contributed by atoms with van der Waals surface area (Å²) in [6.45, 7) is 6.09. The molecule has 1 rings (SSSR count). The molecule has 0 amide bonds. The Bertz CT molecular complexity index is 531. The van der Waals surface area contributed by atoms with E-state index in [0.29, 0.717) is 6.54 Å². The number of hydrogen-bond acceptors (Lipinski definition) is 2. The van der Waals surface area contributed by atoms with E-state index < -0.39 is 10.0 Å². The maximum absolute atomic E-state index is 12.7. The molecule has 0 radical (unpaired) electrons. The molecule has 0 saturated carbocycles. The summed E-state index contributed by atoms with van der Waals surface area (Å²) in [6.07, 6.45) is 0.750. The van der Waals surface area contributed by atoms with Crippen molar-refractivity contribution in [3.05, 3.63) is 28.8 Å². The minimum atomic E-state index is -3.58. The van der Waals surface area contributed by atoms with Crippen molar-refractivity contribution >= 4 is 33.2 Å². The van der Waals surface area contributed by atoms with E-state index >= 15 is 0 Å². The highest BCUT2D eigenvalue weighted by Gasteiger charge is 2.28. The van der Waals surface area contributed by atoms with E-state index in [-0.39, 0.29) is 21.8 Å². The minimum absolute atomic E-state index is 0.0641. The van der Waals surface area contributed by atoms with E-state index in [2.05, 4.69) is 0 Å². The van der Waals surface area contributed by atoms with Gasteiger partial charge in [0.05, 0.1) is 5.02 Å².